The third-order valence-corrected chi connectivity index (χ3v) is 2.08. The zero-order chi connectivity index (χ0) is 11.3. The largest absolute Gasteiger partial charge is 0.469 e. The molecule has 0 radical (unpaired) electrons. The normalized spacial score (nSPS) is 11.5. The number of esters is 1. The Bertz CT molecular complexity index is 379. The number of nitriles is 1. The SMILES string of the molecule is COC(=O)CC(N)c1ccc(C#N)cc1. The molecular weight excluding hydrogens is 192 g/mol. The maximum Gasteiger partial charge on any atom is 0.307 e. The molecule has 1 aromatic carbocycles. The van der Waals surface area contributed by atoms with Crippen LogP contribution in [0.4, 0.5) is 0 Å². The zero-order valence-electron chi connectivity index (χ0n) is 8.43. The summed E-state index contributed by atoms with van der Waals surface area (Å²) in [6.45, 7) is 0. The van der Waals surface area contributed by atoms with Gasteiger partial charge >= 0.3 is 5.97 Å². The van der Waals surface area contributed by atoms with Crippen molar-refractivity contribution in [2.75, 3.05) is 7.11 Å². The minimum Gasteiger partial charge on any atom is -0.469 e. The number of benzene rings is 1. The summed E-state index contributed by atoms with van der Waals surface area (Å²) in [6, 6.07) is 8.46. The van der Waals surface area contributed by atoms with E-state index in [-0.39, 0.29) is 18.4 Å². The Hall–Kier alpha value is -1.86. The highest BCUT2D eigenvalue weighted by atomic mass is 16.5. The van der Waals surface area contributed by atoms with Crippen LogP contribution in [0.15, 0.2) is 24.3 Å². The highest BCUT2D eigenvalue weighted by Gasteiger charge is 2.11. The number of rotatable bonds is 3. The standard InChI is InChI=1S/C11H12N2O2/c1-15-11(14)6-10(13)9-4-2-8(7-12)3-5-9/h2-5,10H,6,13H2,1H3. The van der Waals surface area contributed by atoms with Crippen LogP contribution in [0.3, 0.4) is 0 Å². The topological polar surface area (TPSA) is 76.1 Å². The smallest absolute Gasteiger partial charge is 0.307 e. The third-order valence-electron chi connectivity index (χ3n) is 2.08. The van der Waals surface area contributed by atoms with Crippen LogP contribution in [0.5, 0.6) is 0 Å². The van der Waals surface area contributed by atoms with Crippen molar-refractivity contribution >= 4 is 5.97 Å². The summed E-state index contributed by atoms with van der Waals surface area (Å²) in [4.78, 5) is 11.0. The first-order chi connectivity index (χ1) is 7.17. The van der Waals surface area contributed by atoms with E-state index in [1.165, 1.54) is 7.11 Å². The van der Waals surface area contributed by atoms with Crippen LogP contribution in [0, 0.1) is 11.3 Å². The molecule has 78 valence electrons. The molecule has 0 bridgehead atoms. The van der Waals surface area contributed by atoms with Crippen LogP contribution in [0.1, 0.15) is 23.6 Å². The fourth-order valence-corrected chi connectivity index (χ4v) is 1.19. The van der Waals surface area contributed by atoms with Crippen molar-refractivity contribution in [3.05, 3.63) is 35.4 Å². The predicted octanol–water partition coefficient (Wildman–Crippen LogP) is 1.12. The summed E-state index contributed by atoms with van der Waals surface area (Å²) in [5.74, 6) is -0.341. The van der Waals surface area contributed by atoms with Crippen molar-refractivity contribution < 1.29 is 9.53 Å². The summed E-state index contributed by atoms with van der Waals surface area (Å²) in [7, 11) is 1.33. The fourth-order valence-electron chi connectivity index (χ4n) is 1.19. The first-order valence-corrected chi connectivity index (χ1v) is 4.50. The molecule has 2 N–H and O–H groups in total. The molecule has 0 saturated heterocycles. The monoisotopic (exact) mass is 204 g/mol. The maximum atomic E-state index is 11.0. The van der Waals surface area contributed by atoms with E-state index < -0.39 is 0 Å². The molecule has 15 heavy (non-hydrogen) atoms. The Labute approximate surface area is 88.3 Å². The number of ether oxygens (including phenoxy) is 1. The minimum absolute atomic E-state index is 0.141. The molecule has 0 aromatic heterocycles. The molecule has 1 aromatic rings. The predicted molar refractivity (Wildman–Crippen MR) is 54.7 cm³/mol. The van der Waals surface area contributed by atoms with E-state index in [1.54, 1.807) is 24.3 Å². The number of hydrogen-bond donors (Lipinski definition) is 1. The van der Waals surface area contributed by atoms with Gasteiger partial charge in [-0.1, -0.05) is 12.1 Å². The van der Waals surface area contributed by atoms with Gasteiger partial charge in [-0.25, -0.2) is 0 Å². The molecule has 0 fully saturated rings. The van der Waals surface area contributed by atoms with Gasteiger partial charge < -0.3 is 10.5 Å². The van der Waals surface area contributed by atoms with Crippen LogP contribution in [0.2, 0.25) is 0 Å². The average molecular weight is 204 g/mol. The lowest BCUT2D eigenvalue weighted by molar-refractivity contribution is -0.141. The van der Waals surface area contributed by atoms with Crippen LogP contribution >= 0.6 is 0 Å². The van der Waals surface area contributed by atoms with Gasteiger partial charge in [-0.05, 0) is 17.7 Å². The number of hydrogen-bond acceptors (Lipinski definition) is 4. The van der Waals surface area contributed by atoms with Crippen molar-refractivity contribution in [1.82, 2.24) is 0 Å². The zero-order valence-corrected chi connectivity index (χ0v) is 8.43. The molecule has 0 saturated carbocycles. The minimum atomic E-state index is -0.384. The lowest BCUT2D eigenvalue weighted by atomic mass is 10.0. The molecule has 1 atom stereocenters. The second kappa shape index (κ2) is 5.13. The van der Waals surface area contributed by atoms with E-state index in [4.69, 9.17) is 11.0 Å². The molecule has 0 heterocycles. The summed E-state index contributed by atoms with van der Waals surface area (Å²) in [6.07, 6.45) is 0.141. The van der Waals surface area contributed by atoms with E-state index in [0.29, 0.717) is 5.56 Å². The van der Waals surface area contributed by atoms with Gasteiger partial charge in [0.15, 0.2) is 0 Å². The van der Waals surface area contributed by atoms with Crippen molar-refractivity contribution in [1.29, 1.82) is 5.26 Å². The van der Waals surface area contributed by atoms with Gasteiger partial charge in [-0.15, -0.1) is 0 Å². The van der Waals surface area contributed by atoms with Gasteiger partial charge in [0.1, 0.15) is 0 Å². The van der Waals surface area contributed by atoms with E-state index >= 15 is 0 Å². The Morgan fingerprint density at radius 3 is 2.60 bits per heavy atom. The molecule has 4 heteroatoms. The van der Waals surface area contributed by atoms with Gasteiger partial charge in [0.25, 0.3) is 0 Å². The van der Waals surface area contributed by atoms with E-state index in [0.717, 1.165) is 5.56 Å². The summed E-state index contributed by atoms with van der Waals surface area (Å²) in [5, 5.41) is 8.60. The third kappa shape index (κ3) is 3.08. The molecule has 0 spiro atoms. The Balaban J connectivity index is 2.70. The number of nitrogens with two attached hydrogens (primary N) is 1. The molecule has 1 unspecified atom stereocenters. The van der Waals surface area contributed by atoms with Crippen LogP contribution in [-0.2, 0) is 9.53 Å². The second-order valence-electron chi connectivity index (χ2n) is 3.12. The lowest BCUT2D eigenvalue weighted by Gasteiger charge is -2.10. The number of carbonyl (C=O) groups excluding carboxylic acids is 1. The highest BCUT2D eigenvalue weighted by molar-refractivity contribution is 5.70. The van der Waals surface area contributed by atoms with Gasteiger partial charge in [-0.3, -0.25) is 4.79 Å². The molecule has 0 amide bonds. The van der Waals surface area contributed by atoms with Gasteiger partial charge in [0, 0.05) is 6.04 Å². The molecule has 1 rings (SSSR count). The molecule has 4 nitrogen and oxygen atoms in total. The molecular formula is C11H12N2O2. The Kier molecular flexibility index (Phi) is 3.83. The Morgan fingerprint density at radius 1 is 1.53 bits per heavy atom. The first-order valence-electron chi connectivity index (χ1n) is 4.50. The lowest BCUT2D eigenvalue weighted by Crippen LogP contribution is -2.16. The first kappa shape index (κ1) is 11.2. The van der Waals surface area contributed by atoms with Gasteiger partial charge in [0.2, 0.25) is 0 Å². The van der Waals surface area contributed by atoms with Crippen molar-refractivity contribution in [3.8, 4) is 6.07 Å². The van der Waals surface area contributed by atoms with E-state index in [9.17, 15) is 4.79 Å². The summed E-state index contributed by atoms with van der Waals surface area (Å²) >= 11 is 0. The van der Waals surface area contributed by atoms with Crippen LogP contribution in [0.25, 0.3) is 0 Å². The quantitative estimate of drug-likeness (QED) is 0.748. The van der Waals surface area contributed by atoms with E-state index in [1.807, 2.05) is 6.07 Å². The van der Waals surface area contributed by atoms with Crippen molar-refractivity contribution in [2.45, 2.75) is 12.5 Å². The van der Waals surface area contributed by atoms with E-state index in [2.05, 4.69) is 4.74 Å². The average Bonchev–Trinajstić information content (AvgIpc) is 2.29. The van der Waals surface area contributed by atoms with Crippen LogP contribution in [-0.4, -0.2) is 13.1 Å². The van der Waals surface area contributed by atoms with Gasteiger partial charge in [-0.2, -0.15) is 5.26 Å². The Morgan fingerprint density at radius 2 is 2.13 bits per heavy atom. The molecule has 0 aliphatic heterocycles. The molecule has 0 aliphatic carbocycles. The number of methoxy groups -OCH3 is 1. The van der Waals surface area contributed by atoms with Crippen molar-refractivity contribution in [2.24, 2.45) is 5.73 Å². The van der Waals surface area contributed by atoms with Gasteiger partial charge in [0.05, 0.1) is 25.2 Å². The second-order valence-corrected chi connectivity index (χ2v) is 3.12. The molecule has 0 aliphatic rings. The summed E-state index contributed by atoms with van der Waals surface area (Å²) < 4.78 is 4.52. The number of nitrogens with zero attached hydrogens (tertiary/aromatic N) is 1. The maximum absolute atomic E-state index is 11.0. The summed E-state index contributed by atoms with van der Waals surface area (Å²) in [5.41, 5.74) is 7.17. The number of carbonyl (C=O) groups is 1. The highest BCUT2D eigenvalue weighted by Crippen LogP contribution is 2.14. The fraction of sp³-hybridized carbons (Fsp3) is 0.273. The van der Waals surface area contributed by atoms with Crippen LogP contribution < -0.4 is 5.73 Å². The van der Waals surface area contributed by atoms with Crippen molar-refractivity contribution in [3.63, 3.8) is 0 Å².